The standard InChI is InChI=1S/C19H20N2O2/c20-18(22)19(23)21(13-14-7-2-1-3-8-14)17-12-6-10-15-9-4-5-11-16(15)17/h1-5,7-9,11,17H,6,10,12-13H2,(H2,20,22). The summed E-state index contributed by atoms with van der Waals surface area (Å²) in [6, 6.07) is 17.7. The maximum absolute atomic E-state index is 12.4. The Bertz CT molecular complexity index is 712. The maximum atomic E-state index is 12.4. The Balaban J connectivity index is 1.96. The second-order valence-corrected chi connectivity index (χ2v) is 5.89. The molecule has 1 unspecified atom stereocenters. The van der Waals surface area contributed by atoms with Crippen LogP contribution in [-0.4, -0.2) is 16.7 Å². The zero-order valence-corrected chi connectivity index (χ0v) is 12.9. The molecule has 0 saturated heterocycles. The number of rotatable bonds is 3. The van der Waals surface area contributed by atoms with Gasteiger partial charge >= 0.3 is 11.8 Å². The van der Waals surface area contributed by atoms with E-state index in [4.69, 9.17) is 5.73 Å². The number of nitrogens with zero attached hydrogens (tertiary/aromatic N) is 1. The Morgan fingerprint density at radius 2 is 1.74 bits per heavy atom. The first-order valence-electron chi connectivity index (χ1n) is 7.89. The van der Waals surface area contributed by atoms with Gasteiger partial charge in [0.1, 0.15) is 0 Å². The molecule has 23 heavy (non-hydrogen) atoms. The lowest BCUT2D eigenvalue weighted by Gasteiger charge is -2.35. The normalized spacial score (nSPS) is 16.4. The molecule has 0 heterocycles. The van der Waals surface area contributed by atoms with Gasteiger partial charge in [0, 0.05) is 6.54 Å². The van der Waals surface area contributed by atoms with E-state index in [2.05, 4.69) is 6.07 Å². The van der Waals surface area contributed by atoms with Gasteiger partial charge < -0.3 is 10.6 Å². The van der Waals surface area contributed by atoms with Gasteiger partial charge in [0.25, 0.3) is 0 Å². The average Bonchev–Trinajstić information content (AvgIpc) is 2.59. The van der Waals surface area contributed by atoms with Crippen molar-refractivity contribution in [3.05, 3.63) is 71.3 Å². The molecule has 2 N–H and O–H groups in total. The Kier molecular flexibility index (Phi) is 4.42. The SMILES string of the molecule is NC(=O)C(=O)N(Cc1ccccc1)C1CCCc2ccccc21. The third-order valence-electron chi connectivity index (χ3n) is 4.38. The Hall–Kier alpha value is -2.62. The summed E-state index contributed by atoms with van der Waals surface area (Å²) in [5.41, 5.74) is 8.66. The third-order valence-corrected chi connectivity index (χ3v) is 4.38. The zero-order valence-electron chi connectivity index (χ0n) is 12.9. The van der Waals surface area contributed by atoms with Crippen molar-refractivity contribution in [3.8, 4) is 0 Å². The van der Waals surface area contributed by atoms with E-state index < -0.39 is 11.8 Å². The predicted molar refractivity (Wildman–Crippen MR) is 88.3 cm³/mol. The van der Waals surface area contributed by atoms with Crippen LogP contribution < -0.4 is 5.73 Å². The second kappa shape index (κ2) is 6.65. The molecule has 2 aromatic carbocycles. The van der Waals surface area contributed by atoms with Crippen LogP contribution in [-0.2, 0) is 22.6 Å². The van der Waals surface area contributed by atoms with E-state index >= 15 is 0 Å². The fourth-order valence-electron chi connectivity index (χ4n) is 3.30. The molecular formula is C19H20N2O2. The van der Waals surface area contributed by atoms with E-state index in [0.717, 1.165) is 30.4 Å². The highest BCUT2D eigenvalue weighted by molar-refractivity contribution is 6.34. The van der Waals surface area contributed by atoms with Gasteiger partial charge in [-0.3, -0.25) is 9.59 Å². The Labute approximate surface area is 135 Å². The fraction of sp³-hybridized carbons (Fsp3) is 0.263. The highest BCUT2D eigenvalue weighted by Crippen LogP contribution is 2.35. The molecule has 0 saturated carbocycles. The molecule has 4 heteroatoms. The summed E-state index contributed by atoms with van der Waals surface area (Å²) in [5.74, 6) is -1.51. The molecule has 0 fully saturated rings. The molecule has 0 spiro atoms. The maximum Gasteiger partial charge on any atom is 0.312 e. The lowest BCUT2D eigenvalue weighted by molar-refractivity contribution is -0.146. The minimum absolute atomic E-state index is 0.0971. The van der Waals surface area contributed by atoms with E-state index in [0.29, 0.717) is 6.54 Å². The summed E-state index contributed by atoms with van der Waals surface area (Å²) >= 11 is 0. The molecule has 0 radical (unpaired) electrons. The minimum Gasteiger partial charge on any atom is -0.361 e. The van der Waals surface area contributed by atoms with Crippen LogP contribution in [0.3, 0.4) is 0 Å². The summed E-state index contributed by atoms with van der Waals surface area (Å²) in [4.78, 5) is 25.5. The van der Waals surface area contributed by atoms with Crippen LogP contribution in [0.1, 0.15) is 35.6 Å². The van der Waals surface area contributed by atoms with Crippen molar-refractivity contribution in [1.82, 2.24) is 4.90 Å². The van der Waals surface area contributed by atoms with Crippen molar-refractivity contribution in [1.29, 1.82) is 0 Å². The molecule has 2 aromatic rings. The highest BCUT2D eigenvalue weighted by atomic mass is 16.2. The van der Waals surface area contributed by atoms with Gasteiger partial charge in [-0.15, -0.1) is 0 Å². The van der Waals surface area contributed by atoms with E-state index in [1.807, 2.05) is 48.5 Å². The van der Waals surface area contributed by atoms with E-state index in [1.54, 1.807) is 4.90 Å². The number of primary amides is 1. The molecule has 3 rings (SSSR count). The van der Waals surface area contributed by atoms with Crippen LogP contribution in [0.4, 0.5) is 0 Å². The largest absolute Gasteiger partial charge is 0.361 e. The Morgan fingerprint density at radius 3 is 2.48 bits per heavy atom. The molecule has 4 nitrogen and oxygen atoms in total. The van der Waals surface area contributed by atoms with Gasteiger partial charge in [-0.2, -0.15) is 0 Å². The Morgan fingerprint density at radius 1 is 1.04 bits per heavy atom. The number of fused-ring (bicyclic) bond motifs is 1. The van der Waals surface area contributed by atoms with Crippen molar-refractivity contribution in [2.75, 3.05) is 0 Å². The van der Waals surface area contributed by atoms with Crippen molar-refractivity contribution >= 4 is 11.8 Å². The minimum atomic E-state index is -0.899. The van der Waals surface area contributed by atoms with Crippen LogP contribution in [0.2, 0.25) is 0 Å². The lowest BCUT2D eigenvalue weighted by Crippen LogP contribution is -2.43. The van der Waals surface area contributed by atoms with Crippen LogP contribution in [0, 0.1) is 0 Å². The first-order chi connectivity index (χ1) is 11.2. The lowest BCUT2D eigenvalue weighted by atomic mass is 9.86. The van der Waals surface area contributed by atoms with Crippen LogP contribution in [0.5, 0.6) is 0 Å². The van der Waals surface area contributed by atoms with E-state index in [-0.39, 0.29) is 6.04 Å². The van der Waals surface area contributed by atoms with Crippen LogP contribution in [0.25, 0.3) is 0 Å². The number of carbonyl (C=O) groups is 2. The highest BCUT2D eigenvalue weighted by Gasteiger charge is 2.31. The van der Waals surface area contributed by atoms with Gasteiger partial charge in [-0.05, 0) is 36.0 Å². The molecule has 0 aliphatic heterocycles. The third kappa shape index (κ3) is 3.26. The van der Waals surface area contributed by atoms with Crippen molar-refractivity contribution < 1.29 is 9.59 Å². The molecule has 0 aromatic heterocycles. The number of hydrogen-bond acceptors (Lipinski definition) is 2. The van der Waals surface area contributed by atoms with Gasteiger partial charge in [0.05, 0.1) is 6.04 Å². The van der Waals surface area contributed by atoms with Gasteiger partial charge in [-0.1, -0.05) is 54.6 Å². The summed E-state index contributed by atoms with van der Waals surface area (Å²) in [6.07, 6.45) is 2.86. The summed E-state index contributed by atoms with van der Waals surface area (Å²) < 4.78 is 0. The van der Waals surface area contributed by atoms with Gasteiger partial charge in [0.15, 0.2) is 0 Å². The zero-order chi connectivity index (χ0) is 16.2. The average molecular weight is 308 g/mol. The molecule has 1 aliphatic rings. The molecule has 0 bridgehead atoms. The number of benzene rings is 2. The summed E-state index contributed by atoms with van der Waals surface area (Å²) in [6.45, 7) is 0.390. The fourth-order valence-corrected chi connectivity index (χ4v) is 3.30. The monoisotopic (exact) mass is 308 g/mol. The number of hydrogen-bond donors (Lipinski definition) is 1. The predicted octanol–water partition coefficient (Wildman–Crippen LogP) is 2.58. The van der Waals surface area contributed by atoms with Crippen molar-refractivity contribution in [3.63, 3.8) is 0 Å². The first kappa shape index (κ1) is 15.3. The molecule has 118 valence electrons. The molecule has 1 atom stereocenters. The van der Waals surface area contributed by atoms with Crippen LogP contribution >= 0.6 is 0 Å². The van der Waals surface area contributed by atoms with Crippen molar-refractivity contribution in [2.24, 2.45) is 5.73 Å². The second-order valence-electron chi connectivity index (χ2n) is 5.89. The summed E-state index contributed by atoms with van der Waals surface area (Å²) in [7, 11) is 0. The van der Waals surface area contributed by atoms with Crippen molar-refractivity contribution in [2.45, 2.75) is 31.8 Å². The van der Waals surface area contributed by atoms with Gasteiger partial charge in [0.2, 0.25) is 0 Å². The molecule has 1 aliphatic carbocycles. The summed E-state index contributed by atoms with van der Waals surface area (Å²) in [5, 5.41) is 0. The number of amides is 2. The van der Waals surface area contributed by atoms with E-state index in [1.165, 1.54) is 5.56 Å². The van der Waals surface area contributed by atoms with Gasteiger partial charge in [-0.25, -0.2) is 0 Å². The first-order valence-corrected chi connectivity index (χ1v) is 7.89. The number of carbonyl (C=O) groups excluding carboxylic acids is 2. The number of aryl methyl sites for hydroxylation is 1. The molecular weight excluding hydrogens is 288 g/mol. The number of nitrogens with two attached hydrogens (primary N) is 1. The smallest absolute Gasteiger partial charge is 0.312 e. The molecule has 2 amide bonds. The van der Waals surface area contributed by atoms with Crippen LogP contribution in [0.15, 0.2) is 54.6 Å². The van der Waals surface area contributed by atoms with E-state index in [9.17, 15) is 9.59 Å². The quantitative estimate of drug-likeness (QED) is 0.886. The topological polar surface area (TPSA) is 63.4 Å².